The van der Waals surface area contributed by atoms with Gasteiger partial charge in [-0.05, 0) is 60.4 Å². The van der Waals surface area contributed by atoms with E-state index in [1.54, 1.807) is 18.2 Å². The van der Waals surface area contributed by atoms with Crippen molar-refractivity contribution in [2.24, 2.45) is 17.6 Å². The van der Waals surface area contributed by atoms with Crippen molar-refractivity contribution >= 4 is 22.9 Å². The first-order valence-corrected chi connectivity index (χ1v) is 12.7. The van der Waals surface area contributed by atoms with Gasteiger partial charge in [0.05, 0.1) is 18.4 Å². The highest BCUT2D eigenvalue weighted by atomic mass is 19.4. The molecule has 0 saturated heterocycles. The molecular weight excluding hydrogens is 529 g/mol. The largest absolute Gasteiger partial charge is 0.440 e. The third kappa shape index (κ3) is 6.19. The maximum absolute atomic E-state index is 13.9. The van der Waals surface area contributed by atoms with Crippen molar-refractivity contribution in [2.75, 3.05) is 0 Å². The van der Waals surface area contributed by atoms with E-state index in [1.165, 1.54) is 0 Å². The van der Waals surface area contributed by atoms with Gasteiger partial charge in [0.25, 0.3) is 5.91 Å². The zero-order chi connectivity index (χ0) is 27.9. The van der Waals surface area contributed by atoms with E-state index in [2.05, 4.69) is 20.6 Å². The lowest BCUT2D eigenvalue weighted by atomic mass is 9.76. The number of hydrogen-bond acceptors (Lipinski definition) is 7. The summed E-state index contributed by atoms with van der Waals surface area (Å²) in [4.78, 5) is 28.8. The van der Waals surface area contributed by atoms with Crippen LogP contribution in [0.4, 0.5) is 22.0 Å². The molecule has 0 radical (unpaired) electrons. The highest BCUT2D eigenvalue weighted by Gasteiger charge is 2.43. The minimum atomic E-state index is -4.43. The van der Waals surface area contributed by atoms with E-state index in [9.17, 15) is 31.5 Å². The number of nitrogens with zero attached hydrogens (tertiary/aromatic N) is 3. The first-order valence-electron chi connectivity index (χ1n) is 12.7. The number of alkyl halides is 5. The zero-order valence-electron chi connectivity index (χ0n) is 20.6. The van der Waals surface area contributed by atoms with E-state index in [4.69, 9.17) is 14.8 Å². The van der Waals surface area contributed by atoms with Gasteiger partial charge in [-0.1, -0.05) is 11.2 Å². The fraction of sp³-hybridized carbons (Fsp3) is 0.560. The SMILES string of the molecule is NC(=O)c1nonc1C(c1nc2cc(C(NC(=O)CCC(F)(F)F)C3CC3)ccc2o1)C1CCC(F)(F)CC1. The van der Waals surface area contributed by atoms with Gasteiger partial charge < -0.3 is 15.5 Å². The van der Waals surface area contributed by atoms with Gasteiger partial charge >= 0.3 is 6.18 Å². The van der Waals surface area contributed by atoms with Crippen LogP contribution in [-0.4, -0.2) is 39.2 Å². The van der Waals surface area contributed by atoms with Gasteiger partial charge in [-0.25, -0.2) is 18.4 Å². The number of benzene rings is 1. The lowest BCUT2D eigenvalue weighted by molar-refractivity contribution is -0.144. The number of hydrogen-bond donors (Lipinski definition) is 2. The molecule has 2 aliphatic rings. The molecule has 2 aromatic heterocycles. The molecule has 2 heterocycles. The van der Waals surface area contributed by atoms with Gasteiger partial charge in [0, 0.05) is 19.3 Å². The molecule has 3 aromatic rings. The van der Waals surface area contributed by atoms with Crippen molar-refractivity contribution in [1.29, 1.82) is 0 Å². The van der Waals surface area contributed by atoms with Crippen LogP contribution in [0.1, 0.15) is 91.0 Å². The lowest BCUT2D eigenvalue weighted by Gasteiger charge is -2.31. The zero-order valence-corrected chi connectivity index (χ0v) is 20.6. The second kappa shape index (κ2) is 10.2. The number of halogens is 5. The van der Waals surface area contributed by atoms with E-state index >= 15 is 0 Å². The minimum Gasteiger partial charge on any atom is -0.440 e. The van der Waals surface area contributed by atoms with E-state index < -0.39 is 54.6 Å². The fourth-order valence-electron chi connectivity index (χ4n) is 5.20. The summed E-state index contributed by atoms with van der Waals surface area (Å²) in [5.74, 6) is -5.43. The Hall–Kier alpha value is -3.58. The summed E-state index contributed by atoms with van der Waals surface area (Å²) < 4.78 is 76.2. The number of rotatable bonds is 9. The van der Waals surface area contributed by atoms with Crippen LogP contribution in [0.2, 0.25) is 0 Å². The van der Waals surface area contributed by atoms with E-state index in [0.29, 0.717) is 16.7 Å². The van der Waals surface area contributed by atoms with Crippen molar-refractivity contribution in [3.8, 4) is 0 Å². The highest BCUT2D eigenvalue weighted by Crippen LogP contribution is 2.46. The molecule has 2 aliphatic carbocycles. The Balaban J connectivity index is 1.44. The maximum atomic E-state index is 13.9. The fourth-order valence-corrected chi connectivity index (χ4v) is 5.20. The van der Waals surface area contributed by atoms with Gasteiger partial charge in [0.15, 0.2) is 11.3 Å². The van der Waals surface area contributed by atoms with Crippen molar-refractivity contribution in [2.45, 2.75) is 75.4 Å². The van der Waals surface area contributed by atoms with Crippen LogP contribution in [0.3, 0.4) is 0 Å². The molecular formula is C25H26F5N5O4. The average Bonchev–Trinajstić information content (AvgIpc) is 3.43. The predicted molar refractivity (Wildman–Crippen MR) is 124 cm³/mol. The molecule has 39 heavy (non-hydrogen) atoms. The summed E-state index contributed by atoms with van der Waals surface area (Å²) in [6.07, 6.45) is -5.16. The van der Waals surface area contributed by atoms with Crippen LogP contribution in [0, 0.1) is 11.8 Å². The van der Waals surface area contributed by atoms with Gasteiger partial charge in [-0.3, -0.25) is 9.59 Å². The molecule has 3 N–H and O–H groups in total. The van der Waals surface area contributed by atoms with Crippen molar-refractivity contribution < 1.29 is 40.6 Å². The second-order valence-corrected chi connectivity index (χ2v) is 10.3. The van der Waals surface area contributed by atoms with Gasteiger partial charge in [-0.2, -0.15) is 13.2 Å². The normalized spacial score (nSPS) is 19.6. The summed E-state index contributed by atoms with van der Waals surface area (Å²) in [6, 6.07) is 4.51. The first-order chi connectivity index (χ1) is 18.4. The Morgan fingerprint density at radius 2 is 1.82 bits per heavy atom. The molecule has 14 heteroatoms. The third-order valence-electron chi connectivity index (χ3n) is 7.37. The van der Waals surface area contributed by atoms with E-state index in [1.807, 2.05) is 0 Å². The highest BCUT2D eigenvalue weighted by molar-refractivity contribution is 5.92. The van der Waals surface area contributed by atoms with Crippen LogP contribution < -0.4 is 11.1 Å². The Morgan fingerprint density at radius 3 is 2.46 bits per heavy atom. The van der Waals surface area contributed by atoms with Gasteiger partial charge in [0.2, 0.25) is 17.7 Å². The molecule has 0 bridgehead atoms. The number of aromatic nitrogens is 3. The summed E-state index contributed by atoms with van der Waals surface area (Å²) in [6.45, 7) is 0. The third-order valence-corrected chi connectivity index (χ3v) is 7.37. The Morgan fingerprint density at radius 1 is 1.10 bits per heavy atom. The summed E-state index contributed by atoms with van der Waals surface area (Å²) in [7, 11) is 0. The quantitative estimate of drug-likeness (QED) is 0.347. The molecule has 0 aliphatic heterocycles. The molecule has 2 amide bonds. The molecule has 2 atom stereocenters. The lowest BCUT2D eigenvalue weighted by Crippen LogP contribution is -2.30. The Kier molecular flexibility index (Phi) is 7.06. The maximum Gasteiger partial charge on any atom is 0.389 e. The molecule has 5 rings (SSSR count). The summed E-state index contributed by atoms with van der Waals surface area (Å²) in [5.41, 5.74) is 6.64. The van der Waals surface area contributed by atoms with Crippen molar-refractivity contribution in [3.63, 3.8) is 0 Å². The summed E-state index contributed by atoms with van der Waals surface area (Å²) >= 11 is 0. The monoisotopic (exact) mass is 555 g/mol. The number of primary amides is 1. The topological polar surface area (TPSA) is 137 Å². The van der Waals surface area contributed by atoms with Crippen molar-refractivity contribution in [1.82, 2.24) is 20.6 Å². The van der Waals surface area contributed by atoms with Gasteiger partial charge in [0.1, 0.15) is 11.2 Å². The predicted octanol–water partition coefficient (Wildman–Crippen LogP) is 5.18. The molecule has 2 saturated carbocycles. The van der Waals surface area contributed by atoms with Crippen molar-refractivity contribution in [3.05, 3.63) is 41.0 Å². The Bertz CT molecular complexity index is 1360. The molecule has 2 fully saturated rings. The number of nitrogens with one attached hydrogen (secondary N) is 1. The Labute approximate surface area is 218 Å². The van der Waals surface area contributed by atoms with Gasteiger partial charge in [-0.15, -0.1) is 0 Å². The molecule has 1 aromatic carbocycles. The van der Waals surface area contributed by atoms with Crippen LogP contribution >= 0.6 is 0 Å². The molecule has 210 valence electrons. The second-order valence-electron chi connectivity index (χ2n) is 10.3. The molecule has 9 nitrogen and oxygen atoms in total. The molecule has 2 unspecified atom stereocenters. The molecule has 0 spiro atoms. The minimum absolute atomic E-state index is 0.0530. The first kappa shape index (κ1) is 27.0. The van der Waals surface area contributed by atoms with Crippen LogP contribution in [0.5, 0.6) is 0 Å². The number of amides is 2. The average molecular weight is 556 g/mol. The smallest absolute Gasteiger partial charge is 0.389 e. The van der Waals surface area contributed by atoms with Crippen LogP contribution in [-0.2, 0) is 4.79 Å². The standard InChI is InChI=1S/C25H26F5N5O4/c26-24(27)8-5-12(6-9-24)18(20-21(22(31)37)35-39-34-20)23-32-15-11-14(3-4-16(15)38-23)19(13-1-2-13)33-17(36)7-10-25(28,29)30/h3-4,11-13,18-19H,1-2,5-10H2,(H2,31,37)(H,33,36). The number of nitrogens with two attached hydrogens (primary N) is 1. The van der Waals surface area contributed by atoms with E-state index in [-0.39, 0.29) is 48.9 Å². The number of carbonyl (C=O) groups excluding carboxylic acids is 2. The van der Waals surface area contributed by atoms with Crippen LogP contribution in [0.25, 0.3) is 11.1 Å². The van der Waals surface area contributed by atoms with Crippen LogP contribution in [0.15, 0.2) is 27.2 Å². The van der Waals surface area contributed by atoms with E-state index in [0.717, 1.165) is 12.8 Å². The number of carbonyl (C=O) groups is 2. The number of fused-ring (bicyclic) bond motifs is 1. The summed E-state index contributed by atoms with van der Waals surface area (Å²) in [5, 5.41) is 10.1. The number of oxazole rings is 1.